The van der Waals surface area contributed by atoms with Gasteiger partial charge in [0.2, 0.25) is 16.0 Å². The summed E-state index contributed by atoms with van der Waals surface area (Å²) in [5.74, 6) is 1.37. The summed E-state index contributed by atoms with van der Waals surface area (Å²) in [6.45, 7) is 2.89. The monoisotopic (exact) mass is 479 g/mol. The average molecular weight is 480 g/mol. The van der Waals surface area contributed by atoms with Gasteiger partial charge in [0.05, 0.1) is 30.4 Å². The fraction of sp³-hybridized carbons (Fsp3) is 0.300. The summed E-state index contributed by atoms with van der Waals surface area (Å²) in [5.41, 5.74) is 0.637. The van der Waals surface area contributed by atoms with E-state index in [4.69, 9.17) is 14.6 Å². The van der Waals surface area contributed by atoms with Gasteiger partial charge in [-0.3, -0.25) is 4.57 Å². The maximum absolute atomic E-state index is 13.9. The summed E-state index contributed by atoms with van der Waals surface area (Å²) in [6.07, 6.45) is 0. The molecule has 2 aromatic carbocycles. The smallest absolute Gasteiger partial charge is 0.238 e. The quantitative estimate of drug-likeness (QED) is 0.386. The second-order valence-corrected chi connectivity index (χ2v) is 9.53. The van der Waals surface area contributed by atoms with Crippen LogP contribution in [0.25, 0.3) is 5.69 Å². The molecule has 32 heavy (non-hydrogen) atoms. The highest BCUT2D eigenvalue weighted by atomic mass is 32.2. The Morgan fingerprint density at radius 3 is 2.56 bits per heavy atom. The number of sulfonamides is 1. The molecule has 3 aromatic rings. The highest BCUT2D eigenvalue weighted by molar-refractivity contribution is 7.99. The highest BCUT2D eigenvalue weighted by Gasteiger charge is 2.22. The Kier molecular flexibility index (Phi) is 6.94. The second-order valence-electron chi connectivity index (χ2n) is 6.91. The van der Waals surface area contributed by atoms with E-state index in [1.54, 1.807) is 18.2 Å². The first-order valence-electron chi connectivity index (χ1n) is 9.84. The largest absolute Gasteiger partial charge is 0.493 e. The summed E-state index contributed by atoms with van der Waals surface area (Å²) in [4.78, 5) is 2.09. The lowest BCUT2D eigenvalue weighted by molar-refractivity contribution is 0.122. The molecular formula is C20H22FN5O4S2. The van der Waals surface area contributed by atoms with Crippen molar-refractivity contribution in [1.29, 1.82) is 0 Å². The first-order chi connectivity index (χ1) is 15.4. The van der Waals surface area contributed by atoms with E-state index in [2.05, 4.69) is 15.1 Å². The van der Waals surface area contributed by atoms with Crippen molar-refractivity contribution < 1.29 is 22.3 Å². The number of morpholine rings is 1. The number of hydrogen-bond acceptors (Lipinski definition) is 8. The predicted molar refractivity (Wildman–Crippen MR) is 118 cm³/mol. The zero-order valence-electron chi connectivity index (χ0n) is 17.1. The molecule has 1 aliphatic heterocycles. The van der Waals surface area contributed by atoms with Gasteiger partial charge in [-0.05, 0) is 42.5 Å². The average Bonchev–Trinajstić information content (AvgIpc) is 3.21. The Balaban J connectivity index is 1.45. The van der Waals surface area contributed by atoms with E-state index in [-0.39, 0.29) is 10.7 Å². The van der Waals surface area contributed by atoms with Crippen LogP contribution in [0.2, 0.25) is 0 Å². The standard InChI is InChI=1S/C20H22FN5O4S2/c21-15-2-1-3-16(14-15)26-19(25-8-10-29-11-9-25)23-24-20(26)31-13-12-30-17-4-6-18(7-5-17)32(22,27)28/h1-7,14H,8-13H2,(H2,22,27,28). The van der Waals surface area contributed by atoms with Gasteiger partial charge in [0.15, 0.2) is 5.16 Å². The van der Waals surface area contributed by atoms with E-state index in [1.165, 1.54) is 36.0 Å². The van der Waals surface area contributed by atoms with Crippen LogP contribution < -0.4 is 14.8 Å². The normalized spacial score (nSPS) is 14.5. The van der Waals surface area contributed by atoms with Crippen molar-refractivity contribution in [2.45, 2.75) is 10.1 Å². The number of nitrogens with two attached hydrogens (primary N) is 1. The first kappa shape index (κ1) is 22.5. The number of halogens is 1. The molecule has 0 unspecified atom stereocenters. The Hall–Kier alpha value is -2.67. The van der Waals surface area contributed by atoms with E-state index >= 15 is 0 Å². The molecule has 1 fully saturated rings. The van der Waals surface area contributed by atoms with Crippen LogP contribution in [0, 0.1) is 5.82 Å². The topological polar surface area (TPSA) is 113 Å². The minimum Gasteiger partial charge on any atom is -0.493 e. The SMILES string of the molecule is NS(=O)(=O)c1ccc(OCCSc2nnc(N3CCOCC3)n2-c2cccc(F)c2)cc1. The fourth-order valence-corrected chi connectivity index (χ4v) is 4.46. The van der Waals surface area contributed by atoms with E-state index in [1.807, 2.05) is 10.6 Å². The van der Waals surface area contributed by atoms with Gasteiger partial charge in [0.25, 0.3) is 0 Å². The molecule has 12 heteroatoms. The summed E-state index contributed by atoms with van der Waals surface area (Å²) in [7, 11) is -3.74. The number of nitrogens with zero attached hydrogens (tertiary/aromatic N) is 4. The zero-order chi connectivity index (χ0) is 22.6. The molecule has 2 N–H and O–H groups in total. The number of primary sulfonamides is 1. The van der Waals surface area contributed by atoms with Gasteiger partial charge in [-0.15, -0.1) is 10.2 Å². The van der Waals surface area contributed by atoms with Crippen LogP contribution >= 0.6 is 11.8 Å². The van der Waals surface area contributed by atoms with Gasteiger partial charge in [0.1, 0.15) is 11.6 Å². The summed E-state index contributed by atoms with van der Waals surface area (Å²) in [6, 6.07) is 12.2. The van der Waals surface area contributed by atoms with Gasteiger partial charge < -0.3 is 14.4 Å². The van der Waals surface area contributed by atoms with Crippen LogP contribution in [-0.2, 0) is 14.8 Å². The lowest BCUT2D eigenvalue weighted by Gasteiger charge is -2.27. The lowest BCUT2D eigenvalue weighted by Crippen LogP contribution is -2.37. The van der Waals surface area contributed by atoms with Crippen LogP contribution in [0.1, 0.15) is 0 Å². The van der Waals surface area contributed by atoms with Gasteiger partial charge in [-0.1, -0.05) is 17.8 Å². The predicted octanol–water partition coefficient (Wildman–Crippen LogP) is 2.06. The molecule has 1 saturated heterocycles. The van der Waals surface area contributed by atoms with Crippen molar-refractivity contribution in [2.75, 3.05) is 43.6 Å². The van der Waals surface area contributed by atoms with Crippen molar-refractivity contribution in [3.63, 3.8) is 0 Å². The number of benzene rings is 2. The van der Waals surface area contributed by atoms with Crippen LogP contribution in [-0.4, -0.2) is 61.8 Å². The van der Waals surface area contributed by atoms with Gasteiger partial charge >= 0.3 is 0 Å². The van der Waals surface area contributed by atoms with Crippen LogP contribution in [0.15, 0.2) is 58.6 Å². The van der Waals surface area contributed by atoms with E-state index in [0.29, 0.717) is 61.2 Å². The third-order valence-corrected chi connectivity index (χ3v) is 6.53. The highest BCUT2D eigenvalue weighted by Crippen LogP contribution is 2.27. The van der Waals surface area contributed by atoms with Gasteiger partial charge in [-0.2, -0.15) is 0 Å². The minimum absolute atomic E-state index is 0.0260. The Morgan fingerprint density at radius 2 is 1.88 bits per heavy atom. The van der Waals surface area contributed by atoms with Crippen molar-refractivity contribution in [2.24, 2.45) is 5.14 Å². The number of ether oxygens (including phenoxy) is 2. The van der Waals surface area contributed by atoms with Crippen LogP contribution in [0.3, 0.4) is 0 Å². The molecule has 0 aliphatic carbocycles. The molecule has 0 atom stereocenters. The third-order valence-electron chi connectivity index (χ3n) is 4.71. The van der Waals surface area contributed by atoms with Gasteiger partial charge in [0, 0.05) is 18.8 Å². The fourth-order valence-electron chi connectivity index (χ4n) is 3.18. The van der Waals surface area contributed by atoms with Crippen LogP contribution in [0.5, 0.6) is 5.75 Å². The van der Waals surface area contributed by atoms with Crippen molar-refractivity contribution >= 4 is 27.7 Å². The summed E-state index contributed by atoms with van der Waals surface area (Å²) in [5, 5.41) is 14.4. The lowest BCUT2D eigenvalue weighted by atomic mass is 10.3. The van der Waals surface area contributed by atoms with Crippen molar-refractivity contribution in [1.82, 2.24) is 14.8 Å². The summed E-state index contributed by atoms with van der Waals surface area (Å²) >= 11 is 1.43. The molecule has 170 valence electrons. The Bertz CT molecular complexity index is 1160. The molecule has 0 saturated carbocycles. The van der Waals surface area contributed by atoms with E-state index in [9.17, 15) is 12.8 Å². The molecule has 1 aromatic heterocycles. The first-order valence-corrected chi connectivity index (χ1v) is 12.4. The van der Waals surface area contributed by atoms with Crippen molar-refractivity contribution in [3.05, 3.63) is 54.3 Å². The molecule has 0 spiro atoms. The minimum atomic E-state index is -3.74. The molecule has 9 nitrogen and oxygen atoms in total. The number of rotatable bonds is 8. The van der Waals surface area contributed by atoms with Crippen molar-refractivity contribution in [3.8, 4) is 11.4 Å². The molecule has 0 radical (unpaired) electrons. The molecular weight excluding hydrogens is 457 g/mol. The van der Waals surface area contributed by atoms with Gasteiger partial charge in [-0.25, -0.2) is 17.9 Å². The molecule has 2 heterocycles. The third kappa shape index (κ3) is 5.38. The summed E-state index contributed by atoms with van der Waals surface area (Å²) < 4.78 is 49.5. The number of aromatic nitrogens is 3. The Morgan fingerprint density at radius 1 is 1.12 bits per heavy atom. The molecule has 0 amide bonds. The molecule has 0 bridgehead atoms. The maximum atomic E-state index is 13.9. The second kappa shape index (κ2) is 9.86. The van der Waals surface area contributed by atoms with E-state index < -0.39 is 10.0 Å². The molecule has 4 rings (SSSR count). The Labute approximate surface area is 189 Å². The zero-order valence-corrected chi connectivity index (χ0v) is 18.7. The van der Waals surface area contributed by atoms with E-state index in [0.717, 1.165) is 0 Å². The number of anilines is 1. The number of hydrogen-bond donors (Lipinski definition) is 1. The molecule has 1 aliphatic rings. The van der Waals surface area contributed by atoms with Crippen LogP contribution in [0.4, 0.5) is 10.3 Å². The maximum Gasteiger partial charge on any atom is 0.238 e. The number of thioether (sulfide) groups is 1.